The van der Waals surface area contributed by atoms with E-state index in [2.05, 4.69) is 30.4 Å². The topological polar surface area (TPSA) is 12.0 Å². The highest BCUT2D eigenvalue weighted by Crippen LogP contribution is 2.57. The van der Waals surface area contributed by atoms with E-state index in [1.807, 2.05) is 0 Å². The minimum absolute atomic E-state index is 0.616. The highest BCUT2D eigenvalue weighted by molar-refractivity contribution is 5.35. The lowest BCUT2D eigenvalue weighted by Gasteiger charge is -2.28. The first-order valence-corrected chi connectivity index (χ1v) is 9.20. The average molecular weight is 283 g/mol. The number of hydrogen-bond acceptors (Lipinski definition) is 1. The summed E-state index contributed by atoms with van der Waals surface area (Å²) in [5.74, 6) is 3.05. The van der Waals surface area contributed by atoms with Gasteiger partial charge >= 0.3 is 0 Å². The Morgan fingerprint density at radius 2 is 1.81 bits per heavy atom. The second kappa shape index (κ2) is 5.76. The Morgan fingerprint density at radius 3 is 2.57 bits per heavy atom. The predicted molar refractivity (Wildman–Crippen MR) is 88.4 cm³/mol. The highest BCUT2D eigenvalue weighted by atomic mass is 14.9. The van der Waals surface area contributed by atoms with Crippen molar-refractivity contribution in [3.05, 3.63) is 34.9 Å². The van der Waals surface area contributed by atoms with E-state index in [0.29, 0.717) is 6.04 Å². The Balaban J connectivity index is 1.56. The van der Waals surface area contributed by atoms with Crippen LogP contribution in [0.3, 0.4) is 0 Å². The number of rotatable bonds is 5. The summed E-state index contributed by atoms with van der Waals surface area (Å²) >= 11 is 0. The van der Waals surface area contributed by atoms with Crippen LogP contribution in [0.15, 0.2) is 18.2 Å². The summed E-state index contributed by atoms with van der Waals surface area (Å²) in [5, 5.41) is 3.88. The molecule has 114 valence electrons. The minimum atomic E-state index is 0.616. The molecule has 21 heavy (non-hydrogen) atoms. The molecular formula is C20H29N. The quantitative estimate of drug-likeness (QED) is 0.829. The average Bonchev–Trinajstić information content (AvgIpc) is 3.14. The van der Waals surface area contributed by atoms with E-state index in [9.17, 15) is 0 Å². The van der Waals surface area contributed by atoms with Crippen LogP contribution in [0.25, 0.3) is 0 Å². The van der Waals surface area contributed by atoms with Crippen LogP contribution in [0.4, 0.5) is 0 Å². The van der Waals surface area contributed by atoms with Gasteiger partial charge in [-0.15, -0.1) is 0 Å². The third-order valence-electron chi connectivity index (χ3n) is 6.10. The summed E-state index contributed by atoms with van der Waals surface area (Å²) in [6, 6.07) is 8.03. The molecular weight excluding hydrogens is 254 g/mol. The van der Waals surface area contributed by atoms with E-state index in [1.54, 1.807) is 16.7 Å². The second-order valence-electron chi connectivity index (χ2n) is 7.65. The van der Waals surface area contributed by atoms with Crippen molar-refractivity contribution < 1.29 is 0 Å². The highest BCUT2D eigenvalue weighted by Gasteiger charge is 2.48. The molecule has 1 N–H and O–H groups in total. The first-order chi connectivity index (χ1) is 10.3. The molecule has 2 saturated carbocycles. The SMILES string of the molecule is CCCNC(c1ccc2c(c1)CCCC2)C1CC2CC2C1. The lowest BCUT2D eigenvalue weighted by Crippen LogP contribution is -2.28. The van der Waals surface area contributed by atoms with Crippen LogP contribution in [0.1, 0.15) is 68.2 Å². The molecule has 3 aliphatic carbocycles. The Hall–Kier alpha value is -0.820. The van der Waals surface area contributed by atoms with Crippen LogP contribution in [0, 0.1) is 17.8 Å². The molecule has 1 heteroatoms. The third kappa shape index (κ3) is 2.77. The maximum atomic E-state index is 3.88. The van der Waals surface area contributed by atoms with Gasteiger partial charge in [-0.2, -0.15) is 0 Å². The standard InChI is InChI=1S/C20H29N/c1-2-9-21-20(19-12-17-11-18(17)13-19)16-8-7-14-5-3-4-6-15(14)10-16/h7-8,10,17-21H,2-6,9,11-13H2,1H3. The molecule has 3 aliphatic rings. The van der Waals surface area contributed by atoms with Crippen molar-refractivity contribution in [3.63, 3.8) is 0 Å². The molecule has 3 atom stereocenters. The van der Waals surface area contributed by atoms with E-state index in [-0.39, 0.29) is 0 Å². The molecule has 0 radical (unpaired) electrons. The lowest BCUT2D eigenvalue weighted by molar-refractivity contribution is 0.341. The summed E-state index contributed by atoms with van der Waals surface area (Å²) in [6.07, 6.45) is 11.1. The van der Waals surface area contributed by atoms with Crippen LogP contribution in [0.2, 0.25) is 0 Å². The van der Waals surface area contributed by atoms with Crippen LogP contribution in [-0.2, 0) is 12.8 Å². The van der Waals surface area contributed by atoms with Crippen molar-refractivity contribution in [2.24, 2.45) is 17.8 Å². The zero-order valence-electron chi connectivity index (χ0n) is 13.4. The van der Waals surface area contributed by atoms with Crippen LogP contribution in [0.5, 0.6) is 0 Å². The van der Waals surface area contributed by atoms with Gasteiger partial charge in [-0.3, -0.25) is 0 Å². The fourth-order valence-electron chi connectivity index (χ4n) is 4.84. The van der Waals surface area contributed by atoms with Gasteiger partial charge in [-0.1, -0.05) is 25.1 Å². The maximum Gasteiger partial charge on any atom is 0.0348 e. The Bertz CT molecular complexity index is 497. The number of fused-ring (bicyclic) bond motifs is 2. The Morgan fingerprint density at radius 1 is 1.05 bits per heavy atom. The Labute approximate surface area is 129 Å². The molecule has 1 aromatic rings. The number of benzene rings is 1. The van der Waals surface area contributed by atoms with E-state index >= 15 is 0 Å². The smallest absolute Gasteiger partial charge is 0.0348 e. The van der Waals surface area contributed by atoms with Gasteiger partial charge in [-0.05, 0) is 92.4 Å². The molecule has 0 aromatic heterocycles. The van der Waals surface area contributed by atoms with Crippen molar-refractivity contribution in [2.45, 2.75) is 64.3 Å². The molecule has 1 nitrogen and oxygen atoms in total. The van der Waals surface area contributed by atoms with Gasteiger partial charge < -0.3 is 5.32 Å². The maximum absolute atomic E-state index is 3.88. The van der Waals surface area contributed by atoms with E-state index in [0.717, 1.165) is 24.3 Å². The van der Waals surface area contributed by atoms with Crippen molar-refractivity contribution in [1.29, 1.82) is 0 Å². The molecule has 1 aromatic carbocycles. The first-order valence-electron chi connectivity index (χ1n) is 9.20. The van der Waals surface area contributed by atoms with E-state index in [4.69, 9.17) is 0 Å². The second-order valence-corrected chi connectivity index (χ2v) is 7.65. The van der Waals surface area contributed by atoms with E-state index < -0.39 is 0 Å². The van der Waals surface area contributed by atoms with Gasteiger partial charge in [0.05, 0.1) is 0 Å². The number of hydrogen-bond donors (Lipinski definition) is 1. The fourth-order valence-corrected chi connectivity index (χ4v) is 4.84. The van der Waals surface area contributed by atoms with Crippen molar-refractivity contribution in [2.75, 3.05) is 6.54 Å². The van der Waals surface area contributed by atoms with Gasteiger partial charge in [0, 0.05) is 6.04 Å². The molecule has 0 aliphatic heterocycles. The van der Waals surface area contributed by atoms with Crippen LogP contribution in [-0.4, -0.2) is 6.54 Å². The largest absolute Gasteiger partial charge is 0.310 e. The van der Waals surface area contributed by atoms with Crippen LogP contribution >= 0.6 is 0 Å². The lowest BCUT2D eigenvalue weighted by atomic mass is 9.84. The van der Waals surface area contributed by atoms with Crippen molar-refractivity contribution >= 4 is 0 Å². The van der Waals surface area contributed by atoms with Crippen molar-refractivity contribution in [1.82, 2.24) is 5.32 Å². The molecule has 3 unspecified atom stereocenters. The van der Waals surface area contributed by atoms with Crippen molar-refractivity contribution in [3.8, 4) is 0 Å². The number of nitrogens with one attached hydrogen (secondary N) is 1. The van der Waals surface area contributed by atoms with Gasteiger partial charge in [0.25, 0.3) is 0 Å². The molecule has 0 amide bonds. The minimum Gasteiger partial charge on any atom is -0.310 e. The zero-order chi connectivity index (χ0) is 14.2. The Kier molecular flexibility index (Phi) is 3.79. The monoisotopic (exact) mass is 283 g/mol. The summed E-state index contributed by atoms with van der Waals surface area (Å²) in [6.45, 7) is 3.44. The molecule has 2 fully saturated rings. The first kappa shape index (κ1) is 13.8. The normalized spacial score (nSPS) is 31.6. The van der Waals surface area contributed by atoms with Gasteiger partial charge in [0.1, 0.15) is 0 Å². The van der Waals surface area contributed by atoms with Crippen LogP contribution < -0.4 is 5.32 Å². The molecule has 0 saturated heterocycles. The summed E-state index contributed by atoms with van der Waals surface area (Å²) in [7, 11) is 0. The molecule has 4 rings (SSSR count). The van der Waals surface area contributed by atoms with Gasteiger partial charge in [-0.25, -0.2) is 0 Å². The number of aryl methyl sites for hydroxylation is 2. The zero-order valence-corrected chi connectivity index (χ0v) is 13.4. The van der Waals surface area contributed by atoms with E-state index in [1.165, 1.54) is 51.4 Å². The summed E-state index contributed by atoms with van der Waals surface area (Å²) in [4.78, 5) is 0. The third-order valence-corrected chi connectivity index (χ3v) is 6.10. The van der Waals surface area contributed by atoms with Gasteiger partial charge in [0.15, 0.2) is 0 Å². The predicted octanol–water partition coefficient (Wildman–Crippen LogP) is 4.65. The fraction of sp³-hybridized carbons (Fsp3) is 0.700. The molecule has 0 bridgehead atoms. The molecule has 0 heterocycles. The summed E-state index contributed by atoms with van der Waals surface area (Å²) < 4.78 is 0. The summed E-state index contributed by atoms with van der Waals surface area (Å²) in [5.41, 5.74) is 4.84. The van der Waals surface area contributed by atoms with Gasteiger partial charge in [0.2, 0.25) is 0 Å². The molecule has 0 spiro atoms.